The molecule has 0 unspecified atom stereocenters. The number of benzene rings is 2. The van der Waals surface area contributed by atoms with Crippen LogP contribution in [-0.4, -0.2) is 16.5 Å². The number of hydrogen-bond acceptors (Lipinski definition) is 4. The fourth-order valence-corrected chi connectivity index (χ4v) is 2.59. The molecule has 0 aliphatic carbocycles. The zero-order valence-corrected chi connectivity index (χ0v) is 14.5. The third-order valence-electron chi connectivity index (χ3n) is 3.94. The smallest absolute Gasteiger partial charge is 0.130 e. The molecule has 0 saturated carbocycles. The van der Waals surface area contributed by atoms with Crippen LogP contribution in [0.25, 0.3) is 11.3 Å². The van der Waals surface area contributed by atoms with E-state index in [2.05, 4.69) is 15.3 Å². The number of anilines is 1. The van der Waals surface area contributed by atoms with Crippen LogP contribution in [0.1, 0.15) is 17.2 Å². The molecule has 0 aliphatic rings. The van der Waals surface area contributed by atoms with Crippen LogP contribution in [0.3, 0.4) is 0 Å². The average Bonchev–Trinajstić information content (AvgIpc) is 2.63. The molecule has 1 atom stereocenters. The SMILES string of the molecule is Cc1ccc(-c2cc(NC[C@@H](N)c3ccc(F)cc3)ncn2)cc1Cl. The standard InChI is InChI=1S/C19H18ClFN4/c1-12-2-3-14(8-16(12)20)18-9-19(25-11-24-18)23-10-17(22)13-4-6-15(21)7-5-13/h2-9,11,17H,10,22H2,1H3,(H,23,24,25)/t17-/m1/s1. The quantitative estimate of drug-likeness (QED) is 0.713. The molecule has 1 aromatic heterocycles. The predicted octanol–water partition coefficient (Wildman–Crippen LogP) is 4.36. The Morgan fingerprint density at radius 3 is 2.60 bits per heavy atom. The first-order valence-corrected chi connectivity index (χ1v) is 8.24. The second-order valence-corrected chi connectivity index (χ2v) is 6.20. The first-order valence-electron chi connectivity index (χ1n) is 7.86. The van der Waals surface area contributed by atoms with E-state index in [-0.39, 0.29) is 11.9 Å². The molecule has 3 rings (SSSR count). The van der Waals surface area contributed by atoms with Gasteiger partial charge in [-0.05, 0) is 36.2 Å². The van der Waals surface area contributed by atoms with E-state index >= 15 is 0 Å². The number of aromatic nitrogens is 2. The monoisotopic (exact) mass is 356 g/mol. The second-order valence-electron chi connectivity index (χ2n) is 5.79. The summed E-state index contributed by atoms with van der Waals surface area (Å²) in [5.41, 5.74) is 9.70. The topological polar surface area (TPSA) is 63.8 Å². The van der Waals surface area contributed by atoms with Gasteiger partial charge in [0.05, 0.1) is 5.69 Å². The van der Waals surface area contributed by atoms with E-state index < -0.39 is 0 Å². The average molecular weight is 357 g/mol. The molecular formula is C19H18ClFN4. The highest BCUT2D eigenvalue weighted by molar-refractivity contribution is 6.31. The summed E-state index contributed by atoms with van der Waals surface area (Å²) >= 11 is 6.18. The number of halogens is 2. The van der Waals surface area contributed by atoms with Gasteiger partial charge in [-0.3, -0.25) is 0 Å². The normalized spacial score (nSPS) is 12.0. The van der Waals surface area contributed by atoms with Crippen LogP contribution in [0.15, 0.2) is 54.9 Å². The Hall–Kier alpha value is -2.50. The molecule has 0 radical (unpaired) electrons. The zero-order valence-electron chi connectivity index (χ0n) is 13.7. The minimum Gasteiger partial charge on any atom is -0.368 e. The molecule has 25 heavy (non-hydrogen) atoms. The summed E-state index contributed by atoms with van der Waals surface area (Å²) in [4.78, 5) is 8.51. The van der Waals surface area contributed by atoms with Crippen LogP contribution in [0, 0.1) is 12.7 Å². The van der Waals surface area contributed by atoms with E-state index in [9.17, 15) is 4.39 Å². The van der Waals surface area contributed by atoms with E-state index in [0.717, 1.165) is 22.4 Å². The van der Waals surface area contributed by atoms with Gasteiger partial charge in [0, 0.05) is 29.2 Å². The first-order chi connectivity index (χ1) is 12.0. The number of nitrogens with two attached hydrogens (primary N) is 1. The Balaban J connectivity index is 1.71. The van der Waals surface area contributed by atoms with Crippen molar-refractivity contribution in [1.29, 1.82) is 0 Å². The first kappa shape index (κ1) is 17.3. The van der Waals surface area contributed by atoms with Gasteiger partial charge >= 0.3 is 0 Å². The summed E-state index contributed by atoms with van der Waals surface area (Å²) in [6.45, 7) is 2.42. The zero-order chi connectivity index (χ0) is 17.8. The molecule has 4 nitrogen and oxygen atoms in total. The highest BCUT2D eigenvalue weighted by Gasteiger charge is 2.08. The predicted molar refractivity (Wildman–Crippen MR) is 99.0 cm³/mol. The Bertz CT molecular complexity index is 868. The fourth-order valence-electron chi connectivity index (χ4n) is 2.41. The van der Waals surface area contributed by atoms with Gasteiger partial charge < -0.3 is 11.1 Å². The highest BCUT2D eigenvalue weighted by atomic mass is 35.5. The molecule has 3 N–H and O–H groups in total. The van der Waals surface area contributed by atoms with E-state index in [1.165, 1.54) is 18.5 Å². The van der Waals surface area contributed by atoms with E-state index in [4.69, 9.17) is 17.3 Å². The number of rotatable bonds is 5. The lowest BCUT2D eigenvalue weighted by Gasteiger charge is -2.14. The Kier molecular flexibility index (Phi) is 5.26. The van der Waals surface area contributed by atoms with Gasteiger partial charge in [0.1, 0.15) is 18.0 Å². The lowest BCUT2D eigenvalue weighted by molar-refractivity contribution is 0.625. The van der Waals surface area contributed by atoms with E-state index in [1.807, 2.05) is 31.2 Å². The second kappa shape index (κ2) is 7.59. The van der Waals surface area contributed by atoms with Crippen molar-refractivity contribution < 1.29 is 4.39 Å². The van der Waals surface area contributed by atoms with Crippen molar-refractivity contribution in [2.24, 2.45) is 5.73 Å². The molecule has 0 amide bonds. The van der Waals surface area contributed by atoms with Gasteiger partial charge in [-0.15, -0.1) is 0 Å². The van der Waals surface area contributed by atoms with Crippen LogP contribution in [0.5, 0.6) is 0 Å². The number of nitrogens with one attached hydrogen (secondary N) is 1. The third-order valence-corrected chi connectivity index (χ3v) is 4.34. The van der Waals surface area contributed by atoms with Crippen LogP contribution >= 0.6 is 11.6 Å². The van der Waals surface area contributed by atoms with Gasteiger partial charge in [0.15, 0.2) is 0 Å². The Labute approximate surface area is 150 Å². The Morgan fingerprint density at radius 1 is 1.12 bits per heavy atom. The molecule has 128 valence electrons. The lowest BCUT2D eigenvalue weighted by Crippen LogP contribution is -2.21. The maximum absolute atomic E-state index is 13.0. The minimum atomic E-state index is -0.277. The van der Waals surface area contributed by atoms with Crippen LogP contribution in [-0.2, 0) is 0 Å². The molecule has 0 saturated heterocycles. The molecule has 1 heterocycles. The van der Waals surface area contributed by atoms with Gasteiger partial charge in [-0.1, -0.05) is 35.9 Å². The van der Waals surface area contributed by atoms with Crippen molar-refractivity contribution >= 4 is 17.4 Å². The van der Waals surface area contributed by atoms with Gasteiger partial charge in [-0.2, -0.15) is 0 Å². The van der Waals surface area contributed by atoms with Gasteiger partial charge in [0.25, 0.3) is 0 Å². The van der Waals surface area contributed by atoms with Crippen LogP contribution in [0.2, 0.25) is 5.02 Å². The third kappa shape index (κ3) is 4.32. The molecule has 0 aliphatic heterocycles. The summed E-state index contributed by atoms with van der Waals surface area (Å²) in [5.74, 6) is 0.389. The fraction of sp³-hybridized carbons (Fsp3) is 0.158. The van der Waals surface area contributed by atoms with Crippen molar-refractivity contribution in [2.75, 3.05) is 11.9 Å². The number of hydrogen-bond donors (Lipinski definition) is 2. The highest BCUT2D eigenvalue weighted by Crippen LogP contribution is 2.25. The molecule has 0 fully saturated rings. The van der Waals surface area contributed by atoms with Gasteiger partial charge in [0.2, 0.25) is 0 Å². The van der Waals surface area contributed by atoms with Crippen molar-refractivity contribution in [3.8, 4) is 11.3 Å². The summed E-state index contributed by atoms with van der Waals surface area (Å²) in [6, 6.07) is 13.6. The molecule has 2 aromatic carbocycles. The largest absolute Gasteiger partial charge is 0.368 e. The van der Waals surface area contributed by atoms with Crippen molar-refractivity contribution in [1.82, 2.24) is 9.97 Å². The van der Waals surface area contributed by atoms with Crippen molar-refractivity contribution in [3.63, 3.8) is 0 Å². The van der Waals surface area contributed by atoms with Gasteiger partial charge in [-0.25, -0.2) is 14.4 Å². The summed E-state index contributed by atoms with van der Waals surface area (Å²) < 4.78 is 13.0. The Morgan fingerprint density at radius 2 is 1.88 bits per heavy atom. The summed E-state index contributed by atoms with van der Waals surface area (Å²) in [7, 11) is 0. The lowest BCUT2D eigenvalue weighted by atomic mass is 10.1. The molecular weight excluding hydrogens is 339 g/mol. The molecule has 6 heteroatoms. The van der Waals surface area contributed by atoms with E-state index in [0.29, 0.717) is 17.4 Å². The molecule has 0 bridgehead atoms. The summed E-state index contributed by atoms with van der Waals surface area (Å²) in [5, 5.41) is 3.89. The molecule has 0 spiro atoms. The number of nitrogens with zero attached hydrogens (tertiary/aromatic N) is 2. The van der Waals surface area contributed by atoms with Crippen molar-refractivity contribution in [2.45, 2.75) is 13.0 Å². The maximum Gasteiger partial charge on any atom is 0.130 e. The minimum absolute atomic E-state index is 0.271. The maximum atomic E-state index is 13.0. The van der Waals surface area contributed by atoms with Crippen molar-refractivity contribution in [3.05, 3.63) is 76.8 Å². The molecule has 3 aromatic rings. The van der Waals surface area contributed by atoms with Crippen LogP contribution < -0.4 is 11.1 Å². The summed E-state index contributed by atoms with van der Waals surface area (Å²) in [6.07, 6.45) is 1.49. The van der Waals surface area contributed by atoms with Crippen LogP contribution in [0.4, 0.5) is 10.2 Å². The number of aryl methyl sites for hydroxylation is 1. The van der Waals surface area contributed by atoms with E-state index in [1.54, 1.807) is 12.1 Å².